The zero-order valence-corrected chi connectivity index (χ0v) is 17.4. The van der Waals surface area contributed by atoms with Gasteiger partial charge < -0.3 is 14.8 Å². The standard InChI is InChI=1S/C20H18Cl3N3O2/c1-27-16-3-2-14(21)18(19(16)23)15-8-11-10-24-17(22)9-13(11)20(26-15)25-12-4-6-28-7-5-12/h2-3,8-10,12H,4-7H2,1H3,(H,25,26). The first-order valence-corrected chi connectivity index (χ1v) is 10.0. The van der Waals surface area contributed by atoms with Crippen molar-refractivity contribution in [3.05, 3.63) is 45.7 Å². The van der Waals surface area contributed by atoms with Crippen molar-refractivity contribution >= 4 is 51.4 Å². The van der Waals surface area contributed by atoms with Gasteiger partial charge in [-0.1, -0.05) is 34.8 Å². The first-order chi connectivity index (χ1) is 13.6. The molecule has 1 saturated heterocycles. The minimum absolute atomic E-state index is 0.267. The Bertz CT molecular complexity index is 1020. The average molecular weight is 439 g/mol. The van der Waals surface area contributed by atoms with Gasteiger partial charge in [-0.15, -0.1) is 0 Å². The number of ether oxygens (including phenoxy) is 2. The summed E-state index contributed by atoms with van der Waals surface area (Å²) in [7, 11) is 1.57. The molecule has 0 bridgehead atoms. The van der Waals surface area contributed by atoms with Crippen LogP contribution in [0, 0.1) is 0 Å². The summed E-state index contributed by atoms with van der Waals surface area (Å²) in [5, 5.41) is 6.64. The smallest absolute Gasteiger partial charge is 0.138 e. The molecule has 1 aromatic carbocycles. The lowest BCUT2D eigenvalue weighted by molar-refractivity contribution is 0.0904. The molecule has 0 aliphatic carbocycles. The SMILES string of the molecule is COc1ccc(Cl)c(-c2cc3cnc(Cl)cc3c(NC3CCOCC3)n2)c1Cl. The van der Waals surface area contributed by atoms with Gasteiger partial charge in [0.2, 0.25) is 0 Å². The highest BCUT2D eigenvalue weighted by Crippen LogP contribution is 2.41. The zero-order valence-electron chi connectivity index (χ0n) is 15.1. The summed E-state index contributed by atoms with van der Waals surface area (Å²) in [6.07, 6.45) is 3.54. The zero-order chi connectivity index (χ0) is 19.7. The van der Waals surface area contributed by atoms with E-state index in [4.69, 9.17) is 49.3 Å². The van der Waals surface area contributed by atoms with Crippen molar-refractivity contribution in [2.45, 2.75) is 18.9 Å². The second-order valence-electron chi connectivity index (χ2n) is 6.55. The summed E-state index contributed by atoms with van der Waals surface area (Å²) in [6, 6.07) is 7.46. The van der Waals surface area contributed by atoms with Gasteiger partial charge in [-0.25, -0.2) is 9.97 Å². The lowest BCUT2D eigenvalue weighted by atomic mass is 10.1. The topological polar surface area (TPSA) is 56.3 Å². The highest BCUT2D eigenvalue weighted by atomic mass is 35.5. The fourth-order valence-electron chi connectivity index (χ4n) is 3.32. The van der Waals surface area contributed by atoms with Crippen LogP contribution in [0.5, 0.6) is 5.75 Å². The summed E-state index contributed by atoms with van der Waals surface area (Å²) in [5.41, 5.74) is 1.26. The number of halogens is 3. The molecule has 0 spiro atoms. The van der Waals surface area contributed by atoms with E-state index in [0.717, 1.165) is 42.6 Å². The molecule has 146 valence electrons. The molecule has 1 N–H and O–H groups in total. The Morgan fingerprint density at radius 3 is 2.68 bits per heavy atom. The van der Waals surface area contributed by atoms with Crippen LogP contribution in [0.25, 0.3) is 22.0 Å². The molecule has 1 fully saturated rings. The summed E-state index contributed by atoms with van der Waals surface area (Å²) in [5.74, 6) is 1.26. The van der Waals surface area contributed by atoms with Crippen LogP contribution in [0.2, 0.25) is 15.2 Å². The van der Waals surface area contributed by atoms with E-state index in [0.29, 0.717) is 32.2 Å². The molecule has 0 amide bonds. The molecule has 0 unspecified atom stereocenters. The third-order valence-corrected chi connectivity index (χ3v) is 5.67. The van der Waals surface area contributed by atoms with E-state index in [1.807, 2.05) is 12.1 Å². The van der Waals surface area contributed by atoms with Gasteiger partial charge in [0.1, 0.15) is 16.7 Å². The van der Waals surface area contributed by atoms with E-state index < -0.39 is 0 Å². The van der Waals surface area contributed by atoms with E-state index in [9.17, 15) is 0 Å². The van der Waals surface area contributed by atoms with Crippen LogP contribution in [-0.2, 0) is 4.74 Å². The molecule has 2 aromatic heterocycles. The number of methoxy groups -OCH3 is 1. The number of nitrogens with zero attached hydrogens (tertiary/aromatic N) is 2. The van der Waals surface area contributed by atoms with Crippen LogP contribution in [-0.4, -0.2) is 36.3 Å². The highest BCUT2D eigenvalue weighted by Gasteiger charge is 2.20. The second-order valence-corrected chi connectivity index (χ2v) is 7.73. The lowest BCUT2D eigenvalue weighted by Crippen LogP contribution is -2.28. The van der Waals surface area contributed by atoms with Crippen LogP contribution in [0.3, 0.4) is 0 Å². The number of hydrogen-bond donors (Lipinski definition) is 1. The highest BCUT2D eigenvalue weighted by molar-refractivity contribution is 6.40. The Kier molecular flexibility index (Phi) is 5.78. The van der Waals surface area contributed by atoms with Gasteiger partial charge in [0, 0.05) is 41.8 Å². The number of pyridine rings is 2. The number of anilines is 1. The molecule has 3 heterocycles. The van der Waals surface area contributed by atoms with Gasteiger partial charge >= 0.3 is 0 Å². The average Bonchev–Trinajstić information content (AvgIpc) is 2.69. The quantitative estimate of drug-likeness (QED) is 0.517. The van der Waals surface area contributed by atoms with Crippen molar-refractivity contribution in [2.75, 3.05) is 25.6 Å². The lowest BCUT2D eigenvalue weighted by Gasteiger charge is -2.24. The number of hydrogen-bond acceptors (Lipinski definition) is 5. The minimum Gasteiger partial charge on any atom is -0.495 e. The van der Waals surface area contributed by atoms with Gasteiger partial charge in [-0.2, -0.15) is 0 Å². The van der Waals surface area contributed by atoms with Crippen molar-refractivity contribution in [2.24, 2.45) is 0 Å². The molecular weight excluding hydrogens is 421 g/mol. The van der Waals surface area contributed by atoms with E-state index in [-0.39, 0.29) is 6.04 Å². The molecule has 8 heteroatoms. The van der Waals surface area contributed by atoms with Gasteiger partial charge in [0.15, 0.2) is 0 Å². The Labute approximate surface area is 177 Å². The number of aromatic nitrogens is 2. The predicted octanol–water partition coefficient (Wildman–Crippen LogP) is 5.86. The monoisotopic (exact) mass is 437 g/mol. The second kappa shape index (κ2) is 8.29. The Hall–Kier alpha value is -1.79. The fourth-order valence-corrected chi connectivity index (χ4v) is 4.12. The van der Waals surface area contributed by atoms with Crippen LogP contribution < -0.4 is 10.1 Å². The van der Waals surface area contributed by atoms with Crippen molar-refractivity contribution in [1.82, 2.24) is 9.97 Å². The first kappa shape index (κ1) is 19.5. The van der Waals surface area contributed by atoms with Crippen molar-refractivity contribution in [3.63, 3.8) is 0 Å². The molecule has 3 aromatic rings. The van der Waals surface area contributed by atoms with Crippen LogP contribution >= 0.6 is 34.8 Å². The molecular formula is C20H18Cl3N3O2. The van der Waals surface area contributed by atoms with E-state index in [2.05, 4.69) is 10.3 Å². The molecule has 0 atom stereocenters. The molecule has 0 saturated carbocycles. The molecule has 1 aliphatic rings. The minimum atomic E-state index is 0.267. The summed E-state index contributed by atoms with van der Waals surface area (Å²) >= 11 is 19.1. The third-order valence-electron chi connectivity index (χ3n) is 4.77. The van der Waals surface area contributed by atoms with Crippen molar-refractivity contribution in [1.29, 1.82) is 0 Å². The van der Waals surface area contributed by atoms with Crippen LogP contribution in [0.1, 0.15) is 12.8 Å². The number of nitrogens with one attached hydrogen (secondary N) is 1. The maximum absolute atomic E-state index is 6.55. The molecule has 1 aliphatic heterocycles. The fraction of sp³-hybridized carbons (Fsp3) is 0.300. The van der Waals surface area contributed by atoms with Gasteiger partial charge in [0.05, 0.1) is 22.8 Å². The van der Waals surface area contributed by atoms with Crippen LogP contribution in [0.15, 0.2) is 30.5 Å². The molecule has 4 rings (SSSR count). The Balaban J connectivity index is 1.87. The summed E-state index contributed by atoms with van der Waals surface area (Å²) in [6.45, 7) is 1.45. The summed E-state index contributed by atoms with van der Waals surface area (Å²) < 4.78 is 10.8. The number of rotatable bonds is 4. The molecule has 28 heavy (non-hydrogen) atoms. The maximum atomic E-state index is 6.55. The van der Waals surface area contributed by atoms with Crippen LogP contribution in [0.4, 0.5) is 5.82 Å². The van der Waals surface area contributed by atoms with Gasteiger partial charge in [-0.05, 0) is 37.1 Å². The largest absolute Gasteiger partial charge is 0.495 e. The van der Waals surface area contributed by atoms with Gasteiger partial charge in [-0.3, -0.25) is 0 Å². The van der Waals surface area contributed by atoms with E-state index in [1.165, 1.54) is 0 Å². The summed E-state index contributed by atoms with van der Waals surface area (Å²) in [4.78, 5) is 9.05. The Morgan fingerprint density at radius 2 is 1.93 bits per heavy atom. The molecule has 0 radical (unpaired) electrons. The predicted molar refractivity (Wildman–Crippen MR) is 114 cm³/mol. The van der Waals surface area contributed by atoms with Crippen molar-refractivity contribution < 1.29 is 9.47 Å². The maximum Gasteiger partial charge on any atom is 0.138 e. The third kappa shape index (κ3) is 3.85. The molecule has 5 nitrogen and oxygen atoms in total. The number of benzene rings is 1. The normalized spacial score (nSPS) is 15.0. The van der Waals surface area contributed by atoms with Crippen molar-refractivity contribution in [3.8, 4) is 17.0 Å². The Morgan fingerprint density at radius 1 is 1.14 bits per heavy atom. The van der Waals surface area contributed by atoms with E-state index >= 15 is 0 Å². The first-order valence-electron chi connectivity index (χ1n) is 8.89. The van der Waals surface area contributed by atoms with E-state index in [1.54, 1.807) is 25.4 Å². The van der Waals surface area contributed by atoms with Gasteiger partial charge in [0.25, 0.3) is 0 Å². The number of fused-ring (bicyclic) bond motifs is 1.